The first-order valence-corrected chi connectivity index (χ1v) is 13.2. The smallest absolute Gasteiger partial charge is 0.255 e. The van der Waals surface area contributed by atoms with Crippen LogP contribution in [-0.4, -0.2) is 62.8 Å². The number of amides is 3. The summed E-state index contributed by atoms with van der Waals surface area (Å²) in [4.78, 5) is 45.5. The lowest BCUT2D eigenvalue weighted by molar-refractivity contribution is -0.136. The first-order chi connectivity index (χ1) is 18.5. The van der Waals surface area contributed by atoms with Gasteiger partial charge in [0.25, 0.3) is 5.91 Å². The number of rotatable bonds is 4. The second-order valence-electron chi connectivity index (χ2n) is 10.9. The Morgan fingerprint density at radius 1 is 1.11 bits per heavy atom. The number of hydrogen-bond donors (Lipinski definition) is 1. The Morgan fingerprint density at radius 3 is 2.76 bits per heavy atom. The number of hydrogen-bond acceptors (Lipinski definition) is 6. The third kappa shape index (κ3) is 3.72. The number of nitrogens with one attached hydrogen (secondary N) is 1. The predicted molar refractivity (Wildman–Crippen MR) is 138 cm³/mol. The molecule has 7 rings (SSSR count). The van der Waals surface area contributed by atoms with E-state index in [-0.39, 0.29) is 29.6 Å². The summed E-state index contributed by atoms with van der Waals surface area (Å²) >= 11 is 0. The molecular formula is C29H29N5O4. The van der Waals surface area contributed by atoms with Gasteiger partial charge in [-0.3, -0.25) is 24.6 Å². The number of ether oxygens (including phenoxy) is 1. The molecule has 0 bridgehead atoms. The summed E-state index contributed by atoms with van der Waals surface area (Å²) < 4.78 is 8.33. The van der Waals surface area contributed by atoms with Crippen LogP contribution in [0.3, 0.4) is 0 Å². The summed E-state index contributed by atoms with van der Waals surface area (Å²) in [5, 5.41) is 2.37. The first-order valence-electron chi connectivity index (χ1n) is 13.2. The molecule has 3 aromatic rings. The van der Waals surface area contributed by atoms with Crippen molar-refractivity contribution in [2.45, 2.75) is 50.2 Å². The molecule has 1 unspecified atom stereocenters. The van der Waals surface area contributed by atoms with Crippen molar-refractivity contribution >= 4 is 17.7 Å². The van der Waals surface area contributed by atoms with Crippen molar-refractivity contribution in [3.8, 4) is 11.4 Å². The summed E-state index contributed by atoms with van der Waals surface area (Å²) in [6.07, 6.45) is 8.15. The Bertz CT molecular complexity index is 1440. The van der Waals surface area contributed by atoms with Gasteiger partial charge in [-0.15, -0.1) is 0 Å². The van der Waals surface area contributed by atoms with Crippen LogP contribution in [0.1, 0.15) is 52.7 Å². The number of fused-ring (bicyclic) bond motifs is 4. The van der Waals surface area contributed by atoms with Crippen LogP contribution in [0.4, 0.5) is 0 Å². The molecule has 4 aliphatic heterocycles. The highest BCUT2D eigenvalue weighted by Crippen LogP contribution is 2.49. The van der Waals surface area contributed by atoms with Crippen LogP contribution in [0.25, 0.3) is 5.69 Å². The van der Waals surface area contributed by atoms with Gasteiger partial charge in [-0.1, -0.05) is 18.2 Å². The number of aromatic nitrogens is 2. The van der Waals surface area contributed by atoms with E-state index in [1.807, 2.05) is 23.2 Å². The van der Waals surface area contributed by atoms with E-state index < -0.39 is 6.04 Å². The third-order valence-corrected chi connectivity index (χ3v) is 8.66. The highest BCUT2D eigenvalue weighted by molar-refractivity contribution is 6.05. The fourth-order valence-electron chi connectivity index (χ4n) is 6.52. The Morgan fingerprint density at radius 2 is 1.97 bits per heavy atom. The highest BCUT2D eigenvalue weighted by Gasteiger charge is 2.47. The monoisotopic (exact) mass is 511 g/mol. The minimum atomic E-state index is -0.617. The quantitative estimate of drug-likeness (QED) is 0.541. The van der Waals surface area contributed by atoms with Crippen molar-refractivity contribution in [1.29, 1.82) is 0 Å². The highest BCUT2D eigenvalue weighted by atomic mass is 16.5. The van der Waals surface area contributed by atoms with Crippen molar-refractivity contribution in [1.82, 2.24) is 24.7 Å². The van der Waals surface area contributed by atoms with Crippen molar-refractivity contribution in [3.63, 3.8) is 0 Å². The van der Waals surface area contributed by atoms with Gasteiger partial charge in [0.15, 0.2) is 0 Å². The molecule has 1 N–H and O–H groups in total. The first kappa shape index (κ1) is 23.2. The largest absolute Gasteiger partial charge is 0.492 e. The number of carbonyl (C=O) groups excluding carboxylic acids is 3. The topological polar surface area (TPSA) is 96.8 Å². The lowest BCUT2D eigenvalue weighted by Crippen LogP contribution is -2.52. The average molecular weight is 512 g/mol. The maximum Gasteiger partial charge on any atom is 0.255 e. The number of piperidine rings is 2. The molecule has 5 heterocycles. The summed E-state index contributed by atoms with van der Waals surface area (Å²) in [5.74, 6) is -0.0000764. The lowest BCUT2D eigenvalue weighted by atomic mass is 9.74. The van der Waals surface area contributed by atoms with Crippen molar-refractivity contribution < 1.29 is 19.1 Å². The molecule has 1 spiro atoms. The molecule has 4 aliphatic rings. The van der Waals surface area contributed by atoms with Crippen molar-refractivity contribution in [3.05, 3.63) is 77.4 Å². The Balaban J connectivity index is 1.06. The molecule has 0 aliphatic carbocycles. The van der Waals surface area contributed by atoms with Crippen LogP contribution in [0.5, 0.6) is 5.75 Å². The molecular weight excluding hydrogens is 482 g/mol. The number of likely N-dealkylation sites (tertiary alicyclic amines) is 1. The number of carbonyl (C=O) groups is 3. The van der Waals surface area contributed by atoms with Gasteiger partial charge in [0.2, 0.25) is 11.8 Å². The fourth-order valence-corrected chi connectivity index (χ4v) is 6.52. The van der Waals surface area contributed by atoms with Crippen LogP contribution in [0.2, 0.25) is 0 Å². The molecule has 3 amide bonds. The van der Waals surface area contributed by atoms with Crippen LogP contribution in [0.15, 0.2) is 55.1 Å². The Hall–Kier alpha value is -3.98. The molecule has 1 aromatic heterocycles. The summed E-state index contributed by atoms with van der Waals surface area (Å²) in [6.45, 7) is 3.80. The van der Waals surface area contributed by atoms with Crippen molar-refractivity contribution in [2.24, 2.45) is 0 Å². The van der Waals surface area contributed by atoms with E-state index in [0.29, 0.717) is 25.1 Å². The van der Waals surface area contributed by atoms with E-state index in [9.17, 15) is 14.4 Å². The Labute approximate surface area is 220 Å². The molecule has 38 heavy (non-hydrogen) atoms. The zero-order valence-electron chi connectivity index (χ0n) is 21.1. The van der Waals surface area contributed by atoms with E-state index in [1.54, 1.807) is 11.1 Å². The second kappa shape index (κ2) is 8.80. The van der Waals surface area contributed by atoms with E-state index in [1.165, 1.54) is 11.1 Å². The number of imidazole rings is 1. The van der Waals surface area contributed by atoms with E-state index in [2.05, 4.69) is 45.5 Å². The van der Waals surface area contributed by atoms with Crippen LogP contribution < -0.4 is 10.1 Å². The molecule has 0 saturated carbocycles. The van der Waals surface area contributed by atoms with E-state index in [4.69, 9.17) is 4.74 Å². The number of imide groups is 1. The predicted octanol–water partition coefficient (Wildman–Crippen LogP) is 2.56. The van der Waals surface area contributed by atoms with Crippen LogP contribution in [-0.2, 0) is 28.1 Å². The summed E-state index contributed by atoms with van der Waals surface area (Å²) in [6, 6.07) is 11.9. The average Bonchev–Trinajstić information content (AvgIpc) is 3.65. The molecule has 2 fully saturated rings. The SMILES string of the molecule is O=C1CCC(N2Cc3c(ccc4c3OCC43CCN(Cc4cccc(-n5ccnc5)c4)CC3)C2=O)C(=O)N1. The second-order valence-corrected chi connectivity index (χ2v) is 10.9. The van der Waals surface area contributed by atoms with Gasteiger partial charge in [-0.2, -0.15) is 0 Å². The van der Waals surface area contributed by atoms with E-state index in [0.717, 1.165) is 49.5 Å². The number of nitrogens with zero attached hydrogens (tertiary/aromatic N) is 4. The zero-order chi connectivity index (χ0) is 25.9. The Kier molecular flexibility index (Phi) is 5.36. The molecule has 0 radical (unpaired) electrons. The minimum Gasteiger partial charge on any atom is -0.492 e. The standard InChI is InChI=1S/C29H29N5O4/c35-25-7-6-24(27(36)31-25)34-16-22-21(28(34)37)4-5-23-26(22)38-17-29(23)8-11-32(12-9-29)15-19-2-1-3-20(14-19)33-13-10-30-18-33/h1-5,10,13-14,18,24H,6-9,11-12,15-17H2,(H,31,35,36). The zero-order valence-corrected chi connectivity index (χ0v) is 21.1. The third-order valence-electron chi connectivity index (χ3n) is 8.66. The molecule has 9 nitrogen and oxygen atoms in total. The van der Waals surface area contributed by atoms with Gasteiger partial charge in [0.1, 0.15) is 11.8 Å². The van der Waals surface area contributed by atoms with Gasteiger partial charge in [-0.05, 0) is 56.1 Å². The summed E-state index contributed by atoms with van der Waals surface area (Å²) in [7, 11) is 0. The van der Waals surface area contributed by atoms with Crippen LogP contribution in [0, 0.1) is 0 Å². The van der Waals surface area contributed by atoms with Gasteiger partial charge in [0, 0.05) is 53.2 Å². The maximum atomic E-state index is 13.2. The van der Waals surface area contributed by atoms with Crippen molar-refractivity contribution in [2.75, 3.05) is 19.7 Å². The summed E-state index contributed by atoms with van der Waals surface area (Å²) in [5.41, 5.74) is 5.02. The fraction of sp³-hybridized carbons (Fsp3) is 0.379. The molecule has 2 saturated heterocycles. The van der Waals surface area contributed by atoms with Gasteiger partial charge in [0.05, 0.1) is 19.5 Å². The maximum absolute atomic E-state index is 13.2. The minimum absolute atomic E-state index is 0.0510. The molecule has 1 atom stereocenters. The van der Waals surface area contributed by atoms with Gasteiger partial charge >= 0.3 is 0 Å². The van der Waals surface area contributed by atoms with Crippen LogP contribution >= 0.6 is 0 Å². The van der Waals surface area contributed by atoms with Gasteiger partial charge in [-0.25, -0.2) is 4.98 Å². The lowest BCUT2D eigenvalue weighted by Gasteiger charge is -2.38. The number of benzene rings is 2. The normalized spacial score (nSPS) is 22.4. The molecule has 194 valence electrons. The van der Waals surface area contributed by atoms with Gasteiger partial charge < -0.3 is 14.2 Å². The molecule has 9 heteroatoms. The molecule has 2 aromatic carbocycles. The van der Waals surface area contributed by atoms with E-state index >= 15 is 0 Å².